The van der Waals surface area contributed by atoms with Gasteiger partial charge < -0.3 is 25.0 Å². The minimum atomic E-state index is -0.00434. The number of carbonyl (C=O) groups excluding carboxylic acids is 1. The largest absolute Gasteiger partial charge is 0.398 e. The van der Waals surface area contributed by atoms with Gasteiger partial charge in [0, 0.05) is 37.6 Å². The van der Waals surface area contributed by atoms with Crippen molar-refractivity contribution in [2.24, 2.45) is 0 Å². The number of aryl methyl sites for hydroxylation is 1. The number of amides is 1. The lowest BCUT2D eigenvalue weighted by molar-refractivity contribution is 0.0303. The molecule has 0 bridgehead atoms. The summed E-state index contributed by atoms with van der Waals surface area (Å²) in [5, 5.41) is 0. The van der Waals surface area contributed by atoms with Crippen LogP contribution in [0.2, 0.25) is 0 Å². The van der Waals surface area contributed by atoms with E-state index in [1.54, 1.807) is 0 Å². The zero-order valence-corrected chi connectivity index (χ0v) is 13.0. The number of benzene rings is 1. The summed E-state index contributed by atoms with van der Waals surface area (Å²) in [5.41, 5.74) is 9.42. The first-order valence-corrected chi connectivity index (χ1v) is 7.76. The molecule has 2 heterocycles. The number of carbonyl (C=O) groups is 1. The second-order valence-electron chi connectivity index (χ2n) is 5.73. The summed E-state index contributed by atoms with van der Waals surface area (Å²) in [7, 11) is 0. The maximum Gasteiger partial charge on any atom is 0.256 e. The van der Waals surface area contributed by atoms with E-state index in [0.717, 1.165) is 37.6 Å². The van der Waals surface area contributed by atoms with Gasteiger partial charge in [-0.2, -0.15) is 0 Å². The average molecular weight is 305 g/mol. The monoisotopic (exact) mass is 305 g/mol. The molecule has 2 N–H and O–H groups in total. The Labute approximate surface area is 130 Å². The third kappa shape index (κ3) is 3.03. The van der Waals surface area contributed by atoms with Crippen LogP contribution in [0.4, 0.5) is 11.4 Å². The van der Waals surface area contributed by atoms with E-state index in [1.165, 1.54) is 0 Å². The van der Waals surface area contributed by atoms with Crippen molar-refractivity contribution >= 4 is 17.3 Å². The lowest BCUT2D eigenvalue weighted by Crippen LogP contribution is -2.41. The number of hydrogen-bond acceptors (Lipinski definition) is 5. The van der Waals surface area contributed by atoms with E-state index in [9.17, 15) is 4.79 Å². The van der Waals surface area contributed by atoms with Crippen LogP contribution >= 0.6 is 0 Å². The van der Waals surface area contributed by atoms with Crippen molar-refractivity contribution in [3.8, 4) is 0 Å². The fourth-order valence-corrected chi connectivity index (χ4v) is 2.99. The molecule has 120 valence electrons. The Hall–Kier alpha value is -1.79. The highest BCUT2D eigenvalue weighted by Gasteiger charge is 2.23. The molecule has 0 radical (unpaired) electrons. The van der Waals surface area contributed by atoms with Crippen LogP contribution < -0.4 is 10.6 Å². The molecule has 22 heavy (non-hydrogen) atoms. The van der Waals surface area contributed by atoms with Gasteiger partial charge in [0.1, 0.15) is 0 Å². The second kappa shape index (κ2) is 6.54. The van der Waals surface area contributed by atoms with Crippen LogP contribution in [0, 0.1) is 6.92 Å². The SMILES string of the molecule is Cc1cc(N)c(C(=O)N2CCOCC2)cc1N1CCOCC1. The Morgan fingerprint density at radius 2 is 1.64 bits per heavy atom. The normalized spacial score (nSPS) is 19.3. The molecule has 0 aromatic heterocycles. The topological polar surface area (TPSA) is 68.0 Å². The van der Waals surface area contributed by atoms with Crippen molar-refractivity contribution in [1.82, 2.24) is 4.90 Å². The van der Waals surface area contributed by atoms with E-state index >= 15 is 0 Å². The van der Waals surface area contributed by atoms with E-state index in [4.69, 9.17) is 15.2 Å². The van der Waals surface area contributed by atoms with Crippen molar-refractivity contribution in [1.29, 1.82) is 0 Å². The zero-order chi connectivity index (χ0) is 15.5. The second-order valence-corrected chi connectivity index (χ2v) is 5.73. The number of nitrogens with two attached hydrogens (primary N) is 1. The maximum atomic E-state index is 12.7. The minimum absolute atomic E-state index is 0.00434. The van der Waals surface area contributed by atoms with Crippen LogP contribution in [-0.4, -0.2) is 63.4 Å². The number of rotatable bonds is 2. The third-order valence-electron chi connectivity index (χ3n) is 4.25. The Morgan fingerprint density at radius 1 is 1.05 bits per heavy atom. The van der Waals surface area contributed by atoms with Crippen LogP contribution in [0.3, 0.4) is 0 Å². The van der Waals surface area contributed by atoms with E-state index in [0.29, 0.717) is 37.6 Å². The van der Waals surface area contributed by atoms with Gasteiger partial charge in [-0.3, -0.25) is 4.79 Å². The fraction of sp³-hybridized carbons (Fsp3) is 0.562. The van der Waals surface area contributed by atoms with Gasteiger partial charge in [0.05, 0.1) is 32.0 Å². The molecule has 2 saturated heterocycles. The Kier molecular flexibility index (Phi) is 4.49. The molecule has 1 aromatic carbocycles. The van der Waals surface area contributed by atoms with Crippen molar-refractivity contribution in [3.63, 3.8) is 0 Å². The molecule has 6 nitrogen and oxygen atoms in total. The molecule has 0 atom stereocenters. The number of hydrogen-bond donors (Lipinski definition) is 1. The molecule has 2 aliphatic rings. The van der Waals surface area contributed by atoms with Gasteiger partial charge in [-0.1, -0.05) is 0 Å². The first kappa shape index (κ1) is 15.1. The number of nitrogen functional groups attached to an aromatic ring is 1. The molecule has 0 spiro atoms. The lowest BCUT2D eigenvalue weighted by Gasteiger charge is -2.32. The number of morpholine rings is 2. The van der Waals surface area contributed by atoms with Crippen LogP contribution in [0.15, 0.2) is 12.1 Å². The van der Waals surface area contributed by atoms with Crippen molar-refractivity contribution < 1.29 is 14.3 Å². The molecule has 0 aliphatic carbocycles. The number of anilines is 2. The summed E-state index contributed by atoms with van der Waals surface area (Å²) in [6.07, 6.45) is 0. The predicted molar refractivity (Wildman–Crippen MR) is 85.3 cm³/mol. The molecule has 1 aromatic rings. The van der Waals surface area contributed by atoms with E-state index < -0.39 is 0 Å². The van der Waals surface area contributed by atoms with E-state index in [2.05, 4.69) is 4.90 Å². The summed E-state index contributed by atoms with van der Waals surface area (Å²) < 4.78 is 10.7. The van der Waals surface area contributed by atoms with Crippen LogP contribution in [0.1, 0.15) is 15.9 Å². The molecule has 2 aliphatic heterocycles. The third-order valence-corrected chi connectivity index (χ3v) is 4.25. The average Bonchev–Trinajstić information content (AvgIpc) is 2.56. The molecular weight excluding hydrogens is 282 g/mol. The van der Waals surface area contributed by atoms with E-state index in [-0.39, 0.29) is 5.91 Å². The predicted octanol–water partition coefficient (Wildman–Crippen LogP) is 0.886. The lowest BCUT2D eigenvalue weighted by atomic mass is 10.0. The maximum absolute atomic E-state index is 12.7. The van der Waals surface area contributed by atoms with Crippen LogP contribution in [0.5, 0.6) is 0 Å². The molecular formula is C16H23N3O3. The van der Waals surface area contributed by atoms with Gasteiger partial charge >= 0.3 is 0 Å². The van der Waals surface area contributed by atoms with Gasteiger partial charge in [-0.25, -0.2) is 0 Å². The summed E-state index contributed by atoms with van der Waals surface area (Å²) in [5.74, 6) is -0.00434. The summed E-state index contributed by atoms with van der Waals surface area (Å²) in [6.45, 7) is 7.59. The quantitative estimate of drug-likeness (QED) is 0.822. The number of ether oxygens (including phenoxy) is 2. The van der Waals surface area contributed by atoms with Gasteiger partial charge in [0.2, 0.25) is 0 Å². The first-order valence-electron chi connectivity index (χ1n) is 7.76. The number of nitrogens with zero attached hydrogens (tertiary/aromatic N) is 2. The standard InChI is InChI=1S/C16H23N3O3/c1-12-10-14(17)13(16(20)19-4-8-22-9-5-19)11-15(12)18-2-6-21-7-3-18/h10-11H,2-9,17H2,1H3. The van der Waals surface area contributed by atoms with Crippen LogP contribution in [-0.2, 0) is 9.47 Å². The Balaban J connectivity index is 1.88. The molecule has 1 amide bonds. The van der Waals surface area contributed by atoms with Gasteiger partial charge in [0.25, 0.3) is 5.91 Å². The molecule has 6 heteroatoms. The van der Waals surface area contributed by atoms with Crippen molar-refractivity contribution in [2.75, 3.05) is 63.2 Å². The summed E-state index contributed by atoms with van der Waals surface area (Å²) >= 11 is 0. The van der Waals surface area contributed by atoms with E-state index in [1.807, 2.05) is 24.0 Å². The Bertz CT molecular complexity index is 550. The highest BCUT2D eigenvalue weighted by atomic mass is 16.5. The molecule has 2 fully saturated rings. The molecule has 3 rings (SSSR count). The van der Waals surface area contributed by atoms with Gasteiger partial charge in [-0.05, 0) is 24.6 Å². The zero-order valence-electron chi connectivity index (χ0n) is 13.0. The van der Waals surface area contributed by atoms with Gasteiger partial charge in [0.15, 0.2) is 0 Å². The summed E-state index contributed by atoms with van der Waals surface area (Å²) in [4.78, 5) is 16.8. The highest BCUT2D eigenvalue weighted by Crippen LogP contribution is 2.28. The smallest absolute Gasteiger partial charge is 0.256 e. The first-order chi connectivity index (χ1) is 10.7. The van der Waals surface area contributed by atoms with Gasteiger partial charge in [-0.15, -0.1) is 0 Å². The fourth-order valence-electron chi connectivity index (χ4n) is 2.99. The molecule has 0 saturated carbocycles. The molecule has 0 unspecified atom stereocenters. The Morgan fingerprint density at radius 3 is 2.27 bits per heavy atom. The minimum Gasteiger partial charge on any atom is -0.398 e. The highest BCUT2D eigenvalue weighted by molar-refractivity contribution is 6.00. The summed E-state index contributed by atoms with van der Waals surface area (Å²) in [6, 6.07) is 3.84. The van der Waals surface area contributed by atoms with Crippen molar-refractivity contribution in [3.05, 3.63) is 23.3 Å². The van der Waals surface area contributed by atoms with Crippen molar-refractivity contribution in [2.45, 2.75) is 6.92 Å². The van der Waals surface area contributed by atoms with Crippen LogP contribution in [0.25, 0.3) is 0 Å².